The third-order valence-electron chi connectivity index (χ3n) is 5.10. The van der Waals surface area contributed by atoms with Crippen LogP contribution < -0.4 is 5.32 Å². The number of benzene rings is 2. The zero-order chi connectivity index (χ0) is 17.5. The summed E-state index contributed by atoms with van der Waals surface area (Å²) in [6.45, 7) is 9.26. The van der Waals surface area contributed by atoms with E-state index >= 15 is 0 Å². The first-order chi connectivity index (χ1) is 11.6. The summed E-state index contributed by atoms with van der Waals surface area (Å²) in [6, 6.07) is 15.7. The monoisotopic (exact) mass is 323 g/mol. The summed E-state index contributed by atoms with van der Waals surface area (Å²) in [5.74, 6) is 1.20. The van der Waals surface area contributed by atoms with Crippen molar-refractivity contribution in [3.8, 4) is 0 Å². The van der Waals surface area contributed by atoms with E-state index in [0.717, 1.165) is 12.8 Å². The predicted molar refractivity (Wildman–Crippen MR) is 107 cm³/mol. The highest BCUT2D eigenvalue weighted by atomic mass is 14.8. The summed E-state index contributed by atoms with van der Waals surface area (Å²) < 4.78 is 0. The minimum absolute atomic E-state index is 0.559. The summed E-state index contributed by atoms with van der Waals surface area (Å²) in [5.41, 5.74) is 7.15. The Kier molecular flexibility index (Phi) is 6.90. The Bertz CT molecular complexity index is 628. The van der Waals surface area contributed by atoms with Crippen LogP contribution >= 0.6 is 0 Å². The molecular formula is C23H33N. The number of rotatable bonds is 8. The molecule has 0 radical (unpaired) electrons. The standard InChI is InChI=1S/C23H33N/c1-6-7-13-21-15-20(14-19-11-9-8-10-12-19)16-22(23(21)24-5)18(4)17(2)3/h8-12,15-18,24H,6-7,13-14H2,1-5H3. The normalized spacial score (nSPS) is 12.4. The van der Waals surface area contributed by atoms with Crippen LogP contribution in [0.3, 0.4) is 0 Å². The van der Waals surface area contributed by atoms with E-state index in [0.29, 0.717) is 11.8 Å². The molecule has 0 saturated carbocycles. The van der Waals surface area contributed by atoms with Crippen molar-refractivity contribution < 1.29 is 0 Å². The van der Waals surface area contributed by atoms with Gasteiger partial charge in [0.1, 0.15) is 0 Å². The number of hydrogen-bond donors (Lipinski definition) is 1. The fourth-order valence-corrected chi connectivity index (χ4v) is 3.32. The summed E-state index contributed by atoms with van der Waals surface area (Å²) in [5, 5.41) is 3.50. The van der Waals surface area contributed by atoms with Gasteiger partial charge in [-0.1, -0.05) is 76.6 Å². The van der Waals surface area contributed by atoms with Gasteiger partial charge in [0.05, 0.1) is 0 Å². The molecule has 1 N–H and O–H groups in total. The molecule has 0 heterocycles. The maximum absolute atomic E-state index is 3.50. The average Bonchev–Trinajstić information content (AvgIpc) is 2.59. The second kappa shape index (κ2) is 8.92. The molecule has 24 heavy (non-hydrogen) atoms. The van der Waals surface area contributed by atoms with Gasteiger partial charge in [-0.3, -0.25) is 0 Å². The Labute approximate surface area is 148 Å². The molecule has 0 spiro atoms. The molecule has 0 bridgehead atoms. The molecule has 1 unspecified atom stereocenters. The lowest BCUT2D eigenvalue weighted by Gasteiger charge is -2.24. The lowest BCUT2D eigenvalue weighted by atomic mass is 9.85. The lowest BCUT2D eigenvalue weighted by Crippen LogP contribution is -2.09. The number of nitrogens with one attached hydrogen (secondary N) is 1. The van der Waals surface area contributed by atoms with Crippen molar-refractivity contribution in [2.75, 3.05) is 12.4 Å². The van der Waals surface area contributed by atoms with E-state index in [1.807, 2.05) is 0 Å². The van der Waals surface area contributed by atoms with Crippen LogP contribution in [0.25, 0.3) is 0 Å². The summed E-state index contributed by atoms with van der Waals surface area (Å²) >= 11 is 0. The molecule has 0 aromatic heterocycles. The Morgan fingerprint density at radius 3 is 2.25 bits per heavy atom. The van der Waals surface area contributed by atoms with Crippen molar-refractivity contribution >= 4 is 5.69 Å². The van der Waals surface area contributed by atoms with E-state index in [1.54, 1.807) is 0 Å². The van der Waals surface area contributed by atoms with Gasteiger partial charge < -0.3 is 5.32 Å². The number of aryl methyl sites for hydroxylation is 1. The van der Waals surface area contributed by atoms with Gasteiger partial charge in [-0.05, 0) is 53.4 Å². The molecule has 0 saturated heterocycles. The molecule has 0 aliphatic carbocycles. The molecule has 1 heteroatoms. The largest absolute Gasteiger partial charge is 0.388 e. The summed E-state index contributed by atoms with van der Waals surface area (Å²) in [6.07, 6.45) is 4.66. The van der Waals surface area contributed by atoms with Gasteiger partial charge in [-0.2, -0.15) is 0 Å². The van der Waals surface area contributed by atoms with Gasteiger partial charge in [0.25, 0.3) is 0 Å². The van der Waals surface area contributed by atoms with E-state index < -0.39 is 0 Å². The van der Waals surface area contributed by atoms with Crippen LogP contribution in [-0.2, 0) is 12.8 Å². The van der Waals surface area contributed by atoms with Crippen molar-refractivity contribution in [3.05, 3.63) is 64.7 Å². The third-order valence-corrected chi connectivity index (χ3v) is 5.10. The zero-order valence-electron chi connectivity index (χ0n) is 16.0. The van der Waals surface area contributed by atoms with Gasteiger partial charge in [-0.25, -0.2) is 0 Å². The van der Waals surface area contributed by atoms with E-state index in [1.165, 1.54) is 40.8 Å². The Morgan fingerprint density at radius 1 is 0.958 bits per heavy atom. The maximum atomic E-state index is 3.50. The van der Waals surface area contributed by atoms with Crippen molar-refractivity contribution in [3.63, 3.8) is 0 Å². The first kappa shape index (κ1) is 18.6. The van der Waals surface area contributed by atoms with E-state index in [9.17, 15) is 0 Å². The third kappa shape index (κ3) is 4.63. The van der Waals surface area contributed by atoms with Crippen molar-refractivity contribution in [1.82, 2.24) is 0 Å². The van der Waals surface area contributed by atoms with E-state index in [2.05, 4.69) is 82.5 Å². The van der Waals surface area contributed by atoms with E-state index in [4.69, 9.17) is 0 Å². The maximum Gasteiger partial charge on any atom is 0.0405 e. The molecule has 1 atom stereocenters. The van der Waals surface area contributed by atoms with Crippen LogP contribution in [0.15, 0.2) is 42.5 Å². The Morgan fingerprint density at radius 2 is 1.67 bits per heavy atom. The van der Waals surface area contributed by atoms with Crippen LogP contribution in [-0.4, -0.2) is 7.05 Å². The smallest absolute Gasteiger partial charge is 0.0405 e. The van der Waals surface area contributed by atoms with Gasteiger partial charge >= 0.3 is 0 Å². The van der Waals surface area contributed by atoms with Crippen molar-refractivity contribution in [2.45, 2.75) is 59.3 Å². The molecule has 0 fully saturated rings. The fourth-order valence-electron chi connectivity index (χ4n) is 3.32. The predicted octanol–water partition coefficient (Wildman–Crippen LogP) is 6.42. The first-order valence-electron chi connectivity index (χ1n) is 9.44. The lowest BCUT2D eigenvalue weighted by molar-refractivity contribution is 0.535. The Hall–Kier alpha value is -1.76. The van der Waals surface area contributed by atoms with Gasteiger partial charge in [0.15, 0.2) is 0 Å². The van der Waals surface area contributed by atoms with Crippen molar-refractivity contribution in [1.29, 1.82) is 0 Å². The van der Waals surface area contributed by atoms with Crippen molar-refractivity contribution in [2.24, 2.45) is 5.92 Å². The number of hydrogen-bond acceptors (Lipinski definition) is 1. The first-order valence-corrected chi connectivity index (χ1v) is 9.44. The second-order valence-corrected chi connectivity index (χ2v) is 7.27. The fraction of sp³-hybridized carbons (Fsp3) is 0.478. The van der Waals surface area contributed by atoms with Gasteiger partial charge in [0.2, 0.25) is 0 Å². The zero-order valence-corrected chi connectivity index (χ0v) is 16.0. The highest BCUT2D eigenvalue weighted by Gasteiger charge is 2.17. The summed E-state index contributed by atoms with van der Waals surface area (Å²) in [7, 11) is 2.07. The number of unbranched alkanes of at least 4 members (excludes halogenated alkanes) is 1. The highest BCUT2D eigenvalue weighted by molar-refractivity contribution is 5.61. The molecule has 1 nitrogen and oxygen atoms in total. The SMILES string of the molecule is CCCCc1cc(Cc2ccccc2)cc(C(C)C(C)C)c1NC. The van der Waals surface area contributed by atoms with Crippen LogP contribution in [0.5, 0.6) is 0 Å². The molecule has 0 aliphatic heterocycles. The van der Waals surface area contributed by atoms with Gasteiger partial charge in [-0.15, -0.1) is 0 Å². The molecule has 2 rings (SSSR count). The van der Waals surface area contributed by atoms with Crippen LogP contribution in [0.2, 0.25) is 0 Å². The highest BCUT2D eigenvalue weighted by Crippen LogP contribution is 2.35. The molecule has 2 aromatic rings. The molecule has 0 aliphatic rings. The van der Waals surface area contributed by atoms with Crippen LogP contribution in [0, 0.1) is 5.92 Å². The molecule has 130 valence electrons. The topological polar surface area (TPSA) is 12.0 Å². The summed E-state index contributed by atoms with van der Waals surface area (Å²) in [4.78, 5) is 0. The molecule has 2 aromatic carbocycles. The molecular weight excluding hydrogens is 290 g/mol. The average molecular weight is 324 g/mol. The molecule has 0 amide bonds. The second-order valence-electron chi connectivity index (χ2n) is 7.27. The minimum atomic E-state index is 0.559. The van der Waals surface area contributed by atoms with E-state index in [-0.39, 0.29) is 0 Å². The van der Waals surface area contributed by atoms with Gasteiger partial charge in [0, 0.05) is 12.7 Å². The minimum Gasteiger partial charge on any atom is -0.388 e. The Balaban J connectivity index is 2.44. The van der Waals surface area contributed by atoms with Crippen LogP contribution in [0.4, 0.5) is 5.69 Å². The quantitative estimate of drug-likeness (QED) is 0.591. The number of anilines is 1. The van der Waals surface area contributed by atoms with Crippen LogP contribution in [0.1, 0.15) is 68.7 Å².